The fraction of sp³-hybridized carbons (Fsp3) is 0.909. The van der Waals surface area contributed by atoms with Gasteiger partial charge in [0.1, 0.15) is 0 Å². The molecule has 94 valence electrons. The second-order valence-electron chi connectivity index (χ2n) is 4.69. The summed E-state index contributed by atoms with van der Waals surface area (Å²) in [7, 11) is -0.812. The summed E-state index contributed by atoms with van der Waals surface area (Å²) >= 11 is 0. The van der Waals surface area contributed by atoms with Gasteiger partial charge in [0.05, 0.1) is 5.41 Å². The highest BCUT2D eigenvalue weighted by Gasteiger charge is 2.42. The topological polar surface area (TPSA) is 72.2 Å². The van der Waals surface area contributed by atoms with Gasteiger partial charge < -0.3 is 11.1 Å². The second-order valence-corrected chi connectivity index (χ2v) is 6.49. The van der Waals surface area contributed by atoms with E-state index in [-0.39, 0.29) is 16.6 Å². The smallest absolute Gasteiger partial charge is 0.227 e. The Kier molecular flexibility index (Phi) is 4.92. The van der Waals surface area contributed by atoms with E-state index in [1.54, 1.807) is 6.26 Å². The third-order valence-electron chi connectivity index (χ3n) is 3.59. The molecule has 0 spiro atoms. The first kappa shape index (κ1) is 13.6. The highest BCUT2D eigenvalue weighted by molar-refractivity contribution is 7.84. The molecule has 1 aliphatic carbocycles. The summed E-state index contributed by atoms with van der Waals surface area (Å²) in [4.78, 5) is 11.9. The molecule has 0 saturated heterocycles. The molecular formula is C11H22N2O2S. The van der Waals surface area contributed by atoms with Crippen molar-refractivity contribution in [3.05, 3.63) is 0 Å². The molecule has 1 aliphatic rings. The van der Waals surface area contributed by atoms with Crippen LogP contribution in [0.2, 0.25) is 0 Å². The monoisotopic (exact) mass is 246 g/mol. The zero-order valence-corrected chi connectivity index (χ0v) is 10.9. The largest absolute Gasteiger partial charge is 0.356 e. The van der Waals surface area contributed by atoms with Crippen LogP contribution in [0.4, 0.5) is 0 Å². The average molecular weight is 246 g/mol. The maximum Gasteiger partial charge on any atom is 0.227 e. The third kappa shape index (κ3) is 3.04. The summed E-state index contributed by atoms with van der Waals surface area (Å²) in [6.45, 7) is 2.97. The fourth-order valence-corrected chi connectivity index (χ4v) is 2.32. The van der Waals surface area contributed by atoms with Gasteiger partial charge in [-0.15, -0.1) is 0 Å². The molecule has 0 aromatic carbocycles. The van der Waals surface area contributed by atoms with Crippen molar-refractivity contribution < 1.29 is 9.00 Å². The van der Waals surface area contributed by atoms with Crippen molar-refractivity contribution in [2.24, 2.45) is 11.1 Å². The van der Waals surface area contributed by atoms with E-state index in [1.165, 1.54) is 0 Å². The molecule has 0 bridgehead atoms. The maximum atomic E-state index is 11.9. The minimum Gasteiger partial charge on any atom is -0.356 e. The number of nitrogens with one attached hydrogen (secondary N) is 1. The van der Waals surface area contributed by atoms with E-state index >= 15 is 0 Å². The lowest BCUT2D eigenvalue weighted by Gasteiger charge is -2.39. The van der Waals surface area contributed by atoms with Crippen molar-refractivity contribution in [2.45, 2.75) is 37.9 Å². The first-order valence-corrected chi connectivity index (χ1v) is 7.44. The van der Waals surface area contributed by atoms with E-state index < -0.39 is 10.8 Å². The van der Waals surface area contributed by atoms with Gasteiger partial charge in [-0.25, -0.2) is 0 Å². The molecule has 3 N–H and O–H groups in total. The lowest BCUT2D eigenvalue weighted by Crippen LogP contribution is -2.50. The molecule has 5 heteroatoms. The van der Waals surface area contributed by atoms with E-state index in [4.69, 9.17) is 5.73 Å². The van der Waals surface area contributed by atoms with E-state index in [9.17, 15) is 9.00 Å². The molecule has 2 atom stereocenters. The number of amides is 1. The standard InChI is InChI=1S/C11H22N2O2S/c1-9(16(2)15)4-7-13-10(14)11(8-12)5-3-6-11/h9H,3-8,12H2,1-2H3,(H,13,14). The Balaban J connectivity index is 2.27. The van der Waals surface area contributed by atoms with Gasteiger partial charge in [-0.05, 0) is 19.3 Å². The predicted molar refractivity (Wildman–Crippen MR) is 66.5 cm³/mol. The normalized spacial score (nSPS) is 21.9. The third-order valence-corrected chi connectivity index (χ3v) is 4.96. The Labute approximate surface area is 99.8 Å². The minimum atomic E-state index is -0.812. The molecule has 2 unspecified atom stereocenters. The van der Waals surface area contributed by atoms with Crippen LogP contribution in [0.25, 0.3) is 0 Å². The molecule has 1 amide bonds. The highest BCUT2D eigenvalue weighted by Crippen LogP contribution is 2.39. The number of carbonyl (C=O) groups excluding carboxylic acids is 1. The van der Waals surface area contributed by atoms with Gasteiger partial charge in [-0.3, -0.25) is 9.00 Å². The van der Waals surface area contributed by atoms with Crippen molar-refractivity contribution in [3.8, 4) is 0 Å². The van der Waals surface area contributed by atoms with Gasteiger partial charge in [0.25, 0.3) is 0 Å². The molecule has 4 nitrogen and oxygen atoms in total. The van der Waals surface area contributed by atoms with Crippen LogP contribution in [-0.2, 0) is 15.6 Å². The molecular weight excluding hydrogens is 224 g/mol. The summed E-state index contributed by atoms with van der Waals surface area (Å²) in [5, 5.41) is 3.04. The van der Waals surface area contributed by atoms with Gasteiger partial charge in [0.2, 0.25) is 5.91 Å². The van der Waals surface area contributed by atoms with Gasteiger partial charge in [0, 0.05) is 35.4 Å². The molecule has 0 aliphatic heterocycles. The molecule has 0 heterocycles. The fourth-order valence-electron chi connectivity index (χ4n) is 1.87. The Morgan fingerprint density at radius 2 is 2.19 bits per heavy atom. The zero-order chi connectivity index (χ0) is 12.2. The van der Waals surface area contributed by atoms with E-state index in [2.05, 4.69) is 5.32 Å². The van der Waals surface area contributed by atoms with Crippen molar-refractivity contribution in [2.75, 3.05) is 19.3 Å². The molecule has 0 aromatic rings. The summed E-state index contributed by atoms with van der Waals surface area (Å²) < 4.78 is 11.1. The minimum absolute atomic E-state index is 0.0790. The first-order chi connectivity index (χ1) is 7.52. The number of carbonyl (C=O) groups is 1. The molecule has 16 heavy (non-hydrogen) atoms. The molecule has 0 radical (unpaired) electrons. The van der Waals surface area contributed by atoms with E-state index in [0.717, 1.165) is 25.7 Å². The predicted octanol–water partition coefficient (Wildman–Crippen LogP) is 0.389. The number of hydrogen-bond donors (Lipinski definition) is 2. The Hall–Kier alpha value is -0.420. The van der Waals surface area contributed by atoms with Crippen LogP contribution in [0.15, 0.2) is 0 Å². The van der Waals surface area contributed by atoms with Gasteiger partial charge in [0.15, 0.2) is 0 Å². The first-order valence-electron chi connectivity index (χ1n) is 5.82. The molecule has 1 saturated carbocycles. The summed E-state index contributed by atoms with van der Waals surface area (Å²) in [6.07, 6.45) is 5.37. The number of rotatable bonds is 6. The van der Waals surface area contributed by atoms with E-state index in [1.807, 2.05) is 6.92 Å². The molecule has 1 rings (SSSR count). The van der Waals surface area contributed by atoms with Gasteiger partial charge in [-0.2, -0.15) is 0 Å². The Morgan fingerprint density at radius 1 is 1.56 bits per heavy atom. The lowest BCUT2D eigenvalue weighted by atomic mass is 9.68. The second kappa shape index (κ2) is 5.77. The van der Waals surface area contributed by atoms with Crippen LogP contribution in [0.3, 0.4) is 0 Å². The van der Waals surface area contributed by atoms with E-state index in [0.29, 0.717) is 13.1 Å². The number of nitrogens with two attached hydrogens (primary N) is 1. The van der Waals surface area contributed by atoms with Crippen molar-refractivity contribution in [1.29, 1.82) is 0 Å². The van der Waals surface area contributed by atoms with Gasteiger partial charge >= 0.3 is 0 Å². The zero-order valence-electron chi connectivity index (χ0n) is 10.1. The number of hydrogen-bond acceptors (Lipinski definition) is 3. The highest BCUT2D eigenvalue weighted by atomic mass is 32.2. The van der Waals surface area contributed by atoms with Crippen LogP contribution in [0.1, 0.15) is 32.6 Å². The van der Waals surface area contributed by atoms with Crippen molar-refractivity contribution >= 4 is 16.7 Å². The van der Waals surface area contributed by atoms with Crippen molar-refractivity contribution in [3.63, 3.8) is 0 Å². The molecule has 0 aromatic heterocycles. The van der Waals surface area contributed by atoms with Crippen molar-refractivity contribution in [1.82, 2.24) is 5.32 Å². The summed E-state index contributed by atoms with van der Waals surface area (Å²) in [5.74, 6) is 0.0790. The Bertz CT molecular complexity index is 272. The molecule has 1 fully saturated rings. The van der Waals surface area contributed by atoms with Crippen LogP contribution >= 0.6 is 0 Å². The lowest BCUT2D eigenvalue weighted by molar-refractivity contribution is -0.135. The summed E-state index contributed by atoms with van der Waals surface area (Å²) in [6, 6.07) is 0. The van der Waals surface area contributed by atoms with Crippen LogP contribution in [0.5, 0.6) is 0 Å². The quantitative estimate of drug-likeness (QED) is 0.712. The van der Waals surface area contributed by atoms with Crippen LogP contribution in [0, 0.1) is 5.41 Å². The Morgan fingerprint density at radius 3 is 2.56 bits per heavy atom. The summed E-state index contributed by atoms with van der Waals surface area (Å²) in [5.41, 5.74) is 5.34. The average Bonchev–Trinajstić information content (AvgIpc) is 2.16. The van der Waals surface area contributed by atoms with Gasteiger partial charge in [-0.1, -0.05) is 13.3 Å². The maximum absolute atomic E-state index is 11.9. The van der Waals surface area contributed by atoms with Crippen LogP contribution in [-0.4, -0.2) is 34.7 Å². The SMILES string of the molecule is CC(CCNC(=O)C1(CN)CCC1)S(C)=O. The van der Waals surface area contributed by atoms with Crippen LogP contribution < -0.4 is 11.1 Å².